The molecular formula is C16H31N5O3S. The molecule has 1 amide bonds. The molecule has 9 heteroatoms. The van der Waals surface area contributed by atoms with Gasteiger partial charge in [-0.3, -0.25) is 14.7 Å². The maximum Gasteiger partial charge on any atom is 0.217 e. The third-order valence-electron chi connectivity index (χ3n) is 4.76. The summed E-state index contributed by atoms with van der Waals surface area (Å²) in [4.78, 5) is 20.2. The van der Waals surface area contributed by atoms with Crippen molar-refractivity contribution in [2.45, 2.75) is 26.2 Å². The number of guanidine groups is 1. The number of aliphatic imine (C=N–C) groups is 1. The predicted octanol–water partition coefficient (Wildman–Crippen LogP) is -0.730. The number of hydrogen-bond donors (Lipinski definition) is 2. The molecule has 0 spiro atoms. The number of rotatable bonds is 6. The Bertz CT molecular complexity index is 564. The zero-order chi connectivity index (χ0) is 18.3. The molecule has 0 saturated carbocycles. The van der Waals surface area contributed by atoms with Gasteiger partial charge in [-0.1, -0.05) is 0 Å². The summed E-state index contributed by atoms with van der Waals surface area (Å²) in [5, 5.41) is 3.32. The van der Waals surface area contributed by atoms with E-state index in [1.54, 1.807) is 0 Å². The van der Waals surface area contributed by atoms with Crippen LogP contribution in [-0.4, -0.2) is 87.4 Å². The van der Waals surface area contributed by atoms with Crippen molar-refractivity contribution in [1.82, 2.24) is 15.1 Å². The van der Waals surface area contributed by atoms with E-state index < -0.39 is 9.84 Å². The average Bonchev–Trinajstić information content (AvgIpc) is 2.55. The Hall–Kier alpha value is -1.35. The number of carbonyl (C=O) groups is 1. The number of nitrogens with one attached hydrogen (secondary N) is 1. The number of amides is 1. The Morgan fingerprint density at radius 3 is 2.64 bits per heavy atom. The van der Waals surface area contributed by atoms with Gasteiger partial charge in [-0.25, -0.2) is 8.42 Å². The smallest absolute Gasteiger partial charge is 0.217 e. The molecule has 1 atom stereocenters. The molecule has 2 rings (SSSR count). The summed E-state index contributed by atoms with van der Waals surface area (Å²) in [7, 11) is -2.83. The van der Waals surface area contributed by atoms with E-state index in [0.29, 0.717) is 32.0 Å². The van der Waals surface area contributed by atoms with Crippen LogP contribution in [0.5, 0.6) is 0 Å². The summed E-state index contributed by atoms with van der Waals surface area (Å²) in [6.07, 6.45) is 2.49. The quantitative estimate of drug-likeness (QED) is 0.469. The van der Waals surface area contributed by atoms with Gasteiger partial charge in [0, 0.05) is 45.7 Å². The van der Waals surface area contributed by atoms with Crippen molar-refractivity contribution in [3.63, 3.8) is 0 Å². The van der Waals surface area contributed by atoms with Gasteiger partial charge < -0.3 is 16.0 Å². The first-order chi connectivity index (χ1) is 11.9. The largest absolute Gasteiger partial charge is 0.370 e. The Morgan fingerprint density at radius 1 is 1.28 bits per heavy atom. The van der Waals surface area contributed by atoms with Crippen LogP contribution in [0.2, 0.25) is 0 Å². The van der Waals surface area contributed by atoms with Crippen LogP contribution < -0.4 is 11.1 Å². The molecule has 144 valence electrons. The average molecular weight is 374 g/mol. The lowest BCUT2D eigenvalue weighted by Crippen LogP contribution is -2.47. The van der Waals surface area contributed by atoms with Crippen molar-refractivity contribution in [3.8, 4) is 0 Å². The first-order valence-electron chi connectivity index (χ1n) is 9.14. The molecule has 2 aliphatic rings. The van der Waals surface area contributed by atoms with E-state index in [0.717, 1.165) is 45.0 Å². The zero-order valence-electron chi connectivity index (χ0n) is 15.1. The first kappa shape index (κ1) is 20.0. The standard InChI is InChI=1S/C16H31N5O3S/c1-2-18-16(21-6-3-4-14(13-21)12-15(17)22)19-5-7-20-8-10-25(23,24)11-9-20/h14H,2-13H2,1H3,(H2,17,22)(H,18,19). The lowest BCUT2D eigenvalue weighted by molar-refractivity contribution is -0.119. The van der Waals surface area contributed by atoms with Crippen LogP contribution in [0, 0.1) is 5.92 Å². The number of primary amides is 1. The highest BCUT2D eigenvalue weighted by molar-refractivity contribution is 7.91. The lowest BCUT2D eigenvalue weighted by atomic mass is 9.95. The number of nitrogens with zero attached hydrogens (tertiary/aromatic N) is 3. The number of piperidine rings is 1. The number of carbonyl (C=O) groups excluding carboxylic acids is 1. The van der Waals surface area contributed by atoms with Crippen LogP contribution in [0.3, 0.4) is 0 Å². The van der Waals surface area contributed by atoms with Crippen molar-refractivity contribution in [1.29, 1.82) is 0 Å². The van der Waals surface area contributed by atoms with E-state index >= 15 is 0 Å². The maximum absolute atomic E-state index is 11.5. The molecule has 0 bridgehead atoms. The molecule has 25 heavy (non-hydrogen) atoms. The minimum Gasteiger partial charge on any atom is -0.370 e. The van der Waals surface area contributed by atoms with Crippen LogP contribution in [-0.2, 0) is 14.6 Å². The van der Waals surface area contributed by atoms with Crippen molar-refractivity contribution in [2.75, 3.05) is 57.3 Å². The van der Waals surface area contributed by atoms with Crippen LogP contribution in [0.15, 0.2) is 4.99 Å². The van der Waals surface area contributed by atoms with Crippen molar-refractivity contribution in [2.24, 2.45) is 16.6 Å². The summed E-state index contributed by atoms with van der Waals surface area (Å²) in [6.45, 7) is 7.16. The molecule has 0 aromatic rings. The monoisotopic (exact) mass is 373 g/mol. The van der Waals surface area contributed by atoms with E-state index in [1.807, 2.05) is 6.92 Å². The summed E-state index contributed by atoms with van der Waals surface area (Å²) in [5.74, 6) is 1.42. The van der Waals surface area contributed by atoms with Gasteiger partial charge in [0.05, 0.1) is 18.1 Å². The number of likely N-dealkylation sites (tertiary alicyclic amines) is 1. The fraction of sp³-hybridized carbons (Fsp3) is 0.875. The molecule has 0 aromatic carbocycles. The molecule has 2 heterocycles. The van der Waals surface area contributed by atoms with Gasteiger partial charge in [0.15, 0.2) is 15.8 Å². The van der Waals surface area contributed by atoms with E-state index in [2.05, 4.69) is 15.1 Å². The third kappa shape index (κ3) is 6.81. The number of nitrogens with two attached hydrogens (primary N) is 1. The Balaban J connectivity index is 1.86. The van der Waals surface area contributed by atoms with Gasteiger partial charge in [0.2, 0.25) is 5.91 Å². The van der Waals surface area contributed by atoms with Gasteiger partial charge in [0.25, 0.3) is 0 Å². The summed E-state index contributed by atoms with van der Waals surface area (Å²) in [6, 6.07) is 0. The van der Waals surface area contributed by atoms with Gasteiger partial charge in [-0.15, -0.1) is 0 Å². The highest BCUT2D eigenvalue weighted by Crippen LogP contribution is 2.19. The van der Waals surface area contributed by atoms with E-state index in [1.165, 1.54) is 0 Å². The van der Waals surface area contributed by atoms with E-state index in [4.69, 9.17) is 10.7 Å². The summed E-state index contributed by atoms with van der Waals surface area (Å²) >= 11 is 0. The summed E-state index contributed by atoms with van der Waals surface area (Å²) in [5.41, 5.74) is 5.33. The van der Waals surface area contributed by atoms with Crippen LogP contribution in [0.25, 0.3) is 0 Å². The Morgan fingerprint density at radius 2 is 2.00 bits per heavy atom. The van der Waals surface area contributed by atoms with Gasteiger partial charge >= 0.3 is 0 Å². The lowest BCUT2D eigenvalue weighted by Gasteiger charge is -2.35. The second kappa shape index (κ2) is 9.38. The maximum atomic E-state index is 11.5. The second-order valence-corrected chi connectivity index (χ2v) is 9.16. The number of sulfone groups is 1. The molecule has 0 aromatic heterocycles. The van der Waals surface area contributed by atoms with Crippen LogP contribution in [0.1, 0.15) is 26.2 Å². The molecule has 2 saturated heterocycles. The normalized spacial score (nSPS) is 24.9. The molecular weight excluding hydrogens is 342 g/mol. The fourth-order valence-corrected chi connectivity index (χ4v) is 4.68. The molecule has 8 nitrogen and oxygen atoms in total. The minimum atomic E-state index is -2.83. The molecule has 2 fully saturated rings. The molecule has 3 N–H and O–H groups in total. The third-order valence-corrected chi connectivity index (χ3v) is 6.37. The second-order valence-electron chi connectivity index (χ2n) is 6.85. The summed E-state index contributed by atoms with van der Waals surface area (Å²) < 4.78 is 22.9. The highest BCUT2D eigenvalue weighted by Gasteiger charge is 2.24. The van der Waals surface area contributed by atoms with Gasteiger partial charge in [0.1, 0.15) is 0 Å². The first-order valence-corrected chi connectivity index (χ1v) is 11.0. The SMILES string of the molecule is CCNC(=NCCN1CCS(=O)(=O)CC1)N1CCCC(CC(N)=O)C1. The molecule has 0 aliphatic carbocycles. The predicted molar refractivity (Wildman–Crippen MR) is 99.2 cm³/mol. The fourth-order valence-electron chi connectivity index (χ4n) is 3.41. The van der Waals surface area contributed by atoms with Gasteiger partial charge in [-0.05, 0) is 25.7 Å². The van der Waals surface area contributed by atoms with Crippen molar-refractivity contribution in [3.05, 3.63) is 0 Å². The highest BCUT2D eigenvalue weighted by atomic mass is 32.2. The molecule has 1 unspecified atom stereocenters. The zero-order valence-corrected chi connectivity index (χ0v) is 15.9. The Kier molecular flexibility index (Phi) is 7.49. The van der Waals surface area contributed by atoms with Crippen LogP contribution >= 0.6 is 0 Å². The van der Waals surface area contributed by atoms with Crippen molar-refractivity contribution < 1.29 is 13.2 Å². The minimum absolute atomic E-state index is 0.242. The van der Waals surface area contributed by atoms with Gasteiger partial charge in [-0.2, -0.15) is 0 Å². The van der Waals surface area contributed by atoms with E-state index in [9.17, 15) is 13.2 Å². The van der Waals surface area contributed by atoms with Crippen molar-refractivity contribution >= 4 is 21.7 Å². The Labute approximate surface area is 150 Å². The van der Waals surface area contributed by atoms with Crippen LogP contribution in [0.4, 0.5) is 0 Å². The molecule has 2 aliphatic heterocycles. The van der Waals surface area contributed by atoms with E-state index in [-0.39, 0.29) is 17.4 Å². The molecule has 0 radical (unpaired) electrons. The topological polar surface area (TPSA) is 108 Å². The number of hydrogen-bond acceptors (Lipinski definition) is 5.